The van der Waals surface area contributed by atoms with Gasteiger partial charge >= 0.3 is 11.4 Å². The molecule has 0 bridgehead atoms. The van der Waals surface area contributed by atoms with E-state index in [9.17, 15) is 9.59 Å². The van der Waals surface area contributed by atoms with Crippen molar-refractivity contribution < 1.29 is 9.47 Å². The lowest BCUT2D eigenvalue weighted by Gasteiger charge is -2.15. The van der Waals surface area contributed by atoms with E-state index in [0.29, 0.717) is 41.9 Å². The Morgan fingerprint density at radius 1 is 1.03 bits per heavy atom. The Balaban J connectivity index is 2.17. The summed E-state index contributed by atoms with van der Waals surface area (Å²) >= 11 is 6.34. The molecular weight excluding hydrogens is 468 g/mol. The number of hydrogen-bond donors (Lipinski definition) is 0. The maximum absolute atomic E-state index is 13.5. The molecule has 0 saturated carbocycles. The fourth-order valence-corrected chi connectivity index (χ4v) is 3.79. The summed E-state index contributed by atoms with van der Waals surface area (Å²) in [6, 6.07) is 12.9. The van der Waals surface area contributed by atoms with Crippen molar-refractivity contribution in [1.29, 1.82) is 0 Å². The van der Waals surface area contributed by atoms with E-state index in [2.05, 4.69) is 11.6 Å². The van der Waals surface area contributed by atoms with Gasteiger partial charge in [-0.05, 0) is 44.5 Å². The predicted molar refractivity (Wildman–Crippen MR) is 137 cm³/mol. The first kappa shape index (κ1) is 26.1. The SMILES string of the molecule is C=C(CCn1c(=O)n(C)/c(=N\c2ccc(OCC)c(Cl)c2)n(Cc2ccc(C)cc2)c1=O)OCC. The molecule has 0 saturated heterocycles. The predicted octanol–water partition coefficient (Wildman–Crippen LogP) is 3.93. The molecule has 1 aromatic heterocycles. The molecule has 2 aromatic carbocycles. The Morgan fingerprint density at radius 3 is 2.37 bits per heavy atom. The van der Waals surface area contributed by atoms with Crippen LogP contribution >= 0.6 is 11.6 Å². The summed E-state index contributed by atoms with van der Waals surface area (Å²) in [6.07, 6.45) is 0.346. The summed E-state index contributed by atoms with van der Waals surface area (Å²) < 4.78 is 14.9. The highest BCUT2D eigenvalue weighted by molar-refractivity contribution is 6.32. The molecule has 186 valence electrons. The Bertz CT molecular complexity index is 1380. The number of allylic oxidation sites excluding steroid dienone is 1. The molecule has 0 aliphatic rings. The van der Waals surface area contributed by atoms with Crippen LogP contribution in [0.1, 0.15) is 31.4 Å². The average molecular weight is 499 g/mol. The molecule has 0 fully saturated rings. The van der Waals surface area contributed by atoms with E-state index in [0.717, 1.165) is 11.1 Å². The summed E-state index contributed by atoms with van der Waals surface area (Å²) in [5.41, 5.74) is 1.78. The lowest BCUT2D eigenvalue weighted by Crippen LogP contribution is -2.54. The van der Waals surface area contributed by atoms with Crippen LogP contribution in [0.3, 0.4) is 0 Å². The minimum atomic E-state index is -0.477. The fraction of sp³-hybridized carbons (Fsp3) is 0.346. The van der Waals surface area contributed by atoms with Gasteiger partial charge in [0.1, 0.15) is 5.75 Å². The molecule has 35 heavy (non-hydrogen) atoms. The highest BCUT2D eigenvalue weighted by Gasteiger charge is 2.14. The molecule has 0 spiro atoms. The van der Waals surface area contributed by atoms with Crippen LogP contribution in [0.15, 0.2) is 69.4 Å². The Hall–Kier alpha value is -3.52. The number of halogens is 1. The van der Waals surface area contributed by atoms with Crippen LogP contribution in [0.4, 0.5) is 5.69 Å². The van der Waals surface area contributed by atoms with Gasteiger partial charge in [-0.1, -0.05) is 48.0 Å². The van der Waals surface area contributed by atoms with Crippen LogP contribution in [0.2, 0.25) is 5.02 Å². The highest BCUT2D eigenvalue weighted by atomic mass is 35.5. The smallest absolute Gasteiger partial charge is 0.335 e. The monoisotopic (exact) mass is 498 g/mol. The summed E-state index contributed by atoms with van der Waals surface area (Å²) in [6.45, 7) is 10.9. The van der Waals surface area contributed by atoms with Gasteiger partial charge in [-0.15, -0.1) is 0 Å². The average Bonchev–Trinajstić information content (AvgIpc) is 2.83. The van der Waals surface area contributed by atoms with Crippen LogP contribution in [0.5, 0.6) is 5.75 Å². The van der Waals surface area contributed by atoms with Crippen LogP contribution in [-0.4, -0.2) is 26.9 Å². The zero-order valence-corrected chi connectivity index (χ0v) is 21.3. The van der Waals surface area contributed by atoms with Gasteiger partial charge in [0, 0.05) is 20.0 Å². The van der Waals surface area contributed by atoms with E-state index in [-0.39, 0.29) is 18.7 Å². The maximum atomic E-state index is 13.5. The minimum absolute atomic E-state index is 0.146. The first-order valence-electron chi connectivity index (χ1n) is 11.5. The van der Waals surface area contributed by atoms with Gasteiger partial charge in [-0.25, -0.2) is 19.1 Å². The molecule has 0 atom stereocenters. The lowest BCUT2D eigenvalue weighted by molar-refractivity contribution is 0.215. The van der Waals surface area contributed by atoms with E-state index in [4.69, 9.17) is 21.1 Å². The summed E-state index contributed by atoms with van der Waals surface area (Å²) in [5, 5.41) is 0.394. The summed E-state index contributed by atoms with van der Waals surface area (Å²) in [4.78, 5) is 31.3. The van der Waals surface area contributed by atoms with Gasteiger partial charge in [0.05, 0.1) is 36.2 Å². The second-order valence-electron chi connectivity index (χ2n) is 8.03. The second-order valence-corrected chi connectivity index (χ2v) is 8.44. The Kier molecular flexibility index (Phi) is 8.76. The first-order valence-corrected chi connectivity index (χ1v) is 11.9. The van der Waals surface area contributed by atoms with E-state index < -0.39 is 11.4 Å². The molecule has 0 aliphatic heterocycles. The zero-order chi connectivity index (χ0) is 25.5. The van der Waals surface area contributed by atoms with Crippen LogP contribution in [0, 0.1) is 6.92 Å². The third-order valence-corrected chi connectivity index (χ3v) is 5.68. The quantitative estimate of drug-likeness (QED) is 0.397. The van der Waals surface area contributed by atoms with Crippen molar-refractivity contribution in [2.75, 3.05) is 13.2 Å². The molecular formula is C26H31ClN4O4. The first-order chi connectivity index (χ1) is 16.7. The van der Waals surface area contributed by atoms with E-state index in [1.54, 1.807) is 25.2 Å². The van der Waals surface area contributed by atoms with Crippen LogP contribution < -0.4 is 21.7 Å². The van der Waals surface area contributed by atoms with Crippen molar-refractivity contribution in [2.24, 2.45) is 12.0 Å². The Morgan fingerprint density at radius 2 is 1.74 bits per heavy atom. The number of rotatable bonds is 10. The molecule has 0 radical (unpaired) electrons. The van der Waals surface area contributed by atoms with Crippen molar-refractivity contribution >= 4 is 17.3 Å². The van der Waals surface area contributed by atoms with Crippen LogP contribution in [0.25, 0.3) is 0 Å². The number of aromatic nitrogens is 3. The van der Waals surface area contributed by atoms with Gasteiger partial charge in [0.15, 0.2) is 0 Å². The van der Waals surface area contributed by atoms with Gasteiger partial charge in [0.25, 0.3) is 0 Å². The number of ether oxygens (including phenoxy) is 2. The third-order valence-electron chi connectivity index (χ3n) is 5.39. The minimum Gasteiger partial charge on any atom is -0.499 e. The summed E-state index contributed by atoms with van der Waals surface area (Å²) in [5.74, 6) is 1.06. The van der Waals surface area contributed by atoms with Gasteiger partial charge in [-0.3, -0.25) is 9.13 Å². The normalized spacial score (nSPS) is 11.5. The molecule has 1 heterocycles. The lowest BCUT2D eigenvalue weighted by atomic mass is 10.1. The molecule has 0 N–H and O–H groups in total. The number of benzene rings is 2. The van der Waals surface area contributed by atoms with E-state index in [1.807, 2.05) is 45.0 Å². The van der Waals surface area contributed by atoms with Crippen LogP contribution in [-0.2, 0) is 24.9 Å². The second kappa shape index (κ2) is 11.8. The van der Waals surface area contributed by atoms with E-state index in [1.165, 1.54) is 13.7 Å². The van der Waals surface area contributed by atoms with Gasteiger partial charge in [-0.2, -0.15) is 0 Å². The standard InChI is InChI=1S/C26H31ClN4O4/c1-6-34-19(4)14-15-30-25(32)29(5)24(28-21-12-13-23(35-7-2)22(27)16-21)31(26(30)33)17-20-10-8-18(3)9-11-20/h8-13,16H,4,6-7,14-15,17H2,1-3,5H3/b28-24+. The maximum Gasteiger partial charge on any atom is 0.335 e. The van der Waals surface area contributed by atoms with Crippen molar-refractivity contribution in [1.82, 2.24) is 13.7 Å². The van der Waals surface area contributed by atoms with Gasteiger partial charge < -0.3 is 9.47 Å². The molecule has 0 aliphatic carbocycles. The molecule has 8 nitrogen and oxygen atoms in total. The molecule has 3 aromatic rings. The molecule has 9 heteroatoms. The van der Waals surface area contributed by atoms with Gasteiger partial charge in [0.2, 0.25) is 5.62 Å². The number of aryl methyl sites for hydroxylation is 1. The highest BCUT2D eigenvalue weighted by Crippen LogP contribution is 2.28. The molecule has 0 amide bonds. The van der Waals surface area contributed by atoms with Crippen molar-refractivity contribution in [3.8, 4) is 5.75 Å². The van der Waals surface area contributed by atoms with Crippen molar-refractivity contribution in [2.45, 2.75) is 40.3 Å². The van der Waals surface area contributed by atoms with Crippen molar-refractivity contribution in [3.05, 3.63) is 97.5 Å². The third kappa shape index (κ3) is 6.33. The topological polar surface area (TPSA) is 79.8 Å². The molecule has 0 unspecified atom stereocenters. The number of nitrogens with zero attached hydrogens (tertiary/aromatic N) is 4. The fourth-order valence-electron chi connectivity index (χ4n) is 3.56. The van der Waals surface area contributed by atoms with Crippen molar-refractivity contribution in [3.63, 3.8) is 0 Å². The van der Waals surface area contributed by atoms with E-state index >= 15 is 0 Å². The largest absolute Gasteiger partial charge is 0.499 e. The number of hydrogen-bond acceptors (Lipinski definition) is 5. The molecule has 3 rings (SSSR count). The zero-order valence-electron chi connectivity index (χ0n) is 20.6. The Labute approximate surface area is 209 Å². The summed E-state index contributed by atoms with van der Waals surface area (Å²) in [7, 11) is 1.59.